The van der Waals surface area contributed by atoms with Gasteiger partial charge in [0.25, 0.3) is 5.91 Å². The average Bonchev–Trinajstić information content (AvgIpc) is 2.54. The predicted octanol–water partition coefficient (Wildman–Crippen LogP) is 2.41. The second-order valence-corrected chi connectivity index (χ2v) is 5.35. The molecule has 108 valence electrons. The summed E-state index contributed by atoms with van der Waals surface area (Å²) in [7, 11) is 1.81. The molecule has 1 atom stereocenters. The summed E-state index contributed by atoms with van der Waals surface area (Å²) in [6.07, 6.45) is 6.19. The lowest BCUT2D eigenvalue weighted by Crippen LogP contribution is -2.39. The molecule has 1 aromatic heterocycles. The SMILES string of the molecule is CNc1ccncc1C(=O)NC1CCc2ccccc2C1. The Bertz CT molecular complexity index is 654. The van der Waals surface area contributed by atoms with E-state index in [-0.39, 0.29) is 11.9 Å². The van der Waals surface area contributed by atoms with Crippen LogP contribution in [0.2, 0.25) is 0 Å². The Balaban J connectivity index is 1.72. The highest BCUT2D eigenvalue weighted by molar-refractivity contribution is 5.99. The van der Waals surface area contributed by atoms with Crippen LogP contribution in [0.15, 0.2) is 42.7 Å². The fraction of sp³-hybridized carbons (Fsp3) is 0.294. The molecule has 2 N–H and O–H groups in total. The number of hydrogen-bond acceptors (Lipinski definition) is 3. The summed E-state index contributed by atoms with van der Waals surface area (Å²) >= 11 is 0. The molecule has 21 heavy (non-hydrogen) atoms. The molecule has 1 aromatic carbocycles. The van der Waals surface area contributed by atoms with Crippen molar-refractivity contribution in [1.82, 2.24) is 10.3 Å². The molecule has 3 rings (SSSR count). The number of benzene rings is 1. The van der Waals surface area contributed by atoms with E-state index in [4.69, 9.17) is 0 Å². The van der Waals surface area contributed by atoms with Gasteiger partial charge in [-0.15, -0.1) is 0 Å². The first-order valence-electron chi connectivity index (χ1n) is 7.27. The Labute approximate surface area is 124 Å². The van der Waals surface area contributed by atoms with Gasteiger partial charge in [0.1, 0.15) is 0 Å². The largest absolute Gasteiger partial charge is 0.387 e. The van der Waals surface area contributed by atoms with Crippen LogP contribution in [0.5, 0.6) is 0 Å². The Morgan fingerprint density at radius 1 is 1.24 bits per heavy atom. The zero-order valence-corrected chi connectivity index (χ0v) is 12.1. The van der Waals surface area contributed by atoms with Crippen LogP contribution in [0.25, 0.3) is 0 Å². The monoisotopic (exact) mass is 281 g/mol. The summed E-state index contributed by atoms with van der Waals surface area (Å²) in [4.78, 5) is 16.5. The number of aryl methyl sites for hydroxylation is 1. The molecule has 0 saturated heterocycles. The minimum absolute atomic E-state index is 0.0585. The highest BCUT2D eigenvalue weighted by atomic mass is 16.1. The molecule has 1 unspecified atom stereocenters. The fourth-order valence-corrected chi connectivity index (χ4v) is 2.88. The molecule has 0 aliphatic heterocycles. The summed E-state index contributed by atoms with van der Waals surface area (Å²) in [5.41, 5.74) is 4.15. The van der Waals surface area contributed by atoms with Crippen molar-refractivity contribution in [2.75, 3.05) is 12.4 Å². The van der Waals surface area contributed by atoms with Gasteiger partial charge in [-0.2, -0.15) is 0 Å². The van der Waals surface area contributed by atoms with Crippen molar-refractivity contribution in [3.63, 3.8) is 0 Å². The number of nitrogens with one attached hydrogen (secondary N) is 2. The van der Waals surface area contributed by atoms with Gasteiger partial charge in [-0.25, -0.2) is 0 Å². The Morgan fingerprint density at radius 3 is 2.86 bits per heavy atom. The van der Waals surface area contributed by atoms with Crippen molar-refractivity contribution in [1.29, 1.82) is 0 Å². The van der Waals surface area contributed by atoms with Gasteiger partial charge in [-0.1, -0.05) is 24.3 Å². The van der Waals surface area contributed by atoms with Gasteiger partial charge in [-0.3, -0.25) is 9.78 Å². The third kappa shape index (κ3) is 2.89. The van der Waals surface area contributed by atoms with Gasteiger partial charge in [0, 0.05) is 31.2 Å². The molecule has 4 heteroatoms. The first-order chi connectivity index (χ1) is 10.3. The van der Waals surface area contributed by atoms with E-state index in [2.05, 4.69) is 39.9 Å². The summed E-state index contributed by atoms with van der Waals surface area (Å²) in [5.74, 6) is -0.0585. The Hall–Kier alpha value is -2.36. The third-order valence-corrected chi connectivity index (χ3v) is 4.02. The normalized spacial score (nSPS) is 16.9. The molecule has 0 fully saturated rings. The maximum atomic E-state index is 12.4. The number of hydrogen-bond donors (Lipinski definition) is 2. The number of aromatic nitrogens is 1. The van der Waals surface area contributed by atoms with Crippen molar-refractivity contribution in [3.05, 3.63) is 59.4 Å². The molecular weight excluding hydrogens is 262 g/mol. The molecule has 1 heterocycles. The van der Waals surface area contributed by atoms with E-state index in [1.807, 2.05) is 13.1 Å². The molecule has 4 nitrogen and oxygen atoms in total. The summed E-state index contributed by atoms with van der Waals surface area (Å²) in [6, 6.07) is 10.5. The lowest BCUT2D eigenvalue weighted by atomic mass is 9.88. The van der Waals surface area contributed by atoms with Gasteiger partial charge < -0.3 is 10.6 Å². The molecule has 0 saturated carbocycles. The van der Waals surface area contributed by atoms with E-state index < -0.39 is 0 Å². The van der Waals surface area contributed by atoms with Crippen LogP contribution in [-0.2, 0) is 12.8 Å². The Kier molecular flexibility index (Phi) is 3.86. The van der Waals surface area contributed by atoms with Crippen LogP contribution >= 0.6 is 0 Å². The lowest BCUT2D eigenvalue weighted by molar-refractivity contribution is 0.0934. The van der Waals surface area contributed by atoms with E-state index in [0.717, 1.165) is 24.9 Å². The third-order valence-electron chi connectivity index (χ3n) is 4.02. The molecule has 0 bridgehead atoms. The van der Waals surface area contributed by atoms with Crippen LogP contribution < -0.4 is 10.6 Å². The number of nitrogens with zero attached hydrogens (tertiary/aromatic N) is 1. The first-order valence-corrected chi connectivity index (χ1v) is 7.27. The maximum Gasteiger partial charge on any atom is 0.255 e. The van der Waals surface area contributed by atoms with Gasteiger partial charge >= 0.3 is 0 Å². The number of anilines is 1. The molecule has 0 radical (unpaired) electrons. The first kappa shape index (κ1) is 13.6. The smallest absolute Gasteiger partial charge is 0.255 e. The van der Waals surface area contributed by atoms with Crippen molar-refractivity contribution in [2.45, 2.75) is 25.3 Å². The van der Waals surface area contributed by atoms with E-state index in [9.17, 15) is 4.79 Å². The molecular formula is C17H19N3O. The van der Waals surface area contributed by atoms with E-state index in [1.165, 1.54) is 11.1 Å². The second kappa shape index (κ2) is 5.95. The molecule has 0 spiro atoms. The fourth-order valence-electron chi connectivity index (χ4n) is 2.88. The van der Waals surface area contributed by atoms with Crippen LogP contribution in [0.1, 0.15) is 27.9 Å². The Morgan fingerprint density at radius 2 is 2.05 bits per heavy atom. The molecule has 1 amide bonds. The van der Waals surface area contributed by atoms with Crippen LogP contribution in [0, 0.1) is 0 Å². The number of carbonyl (C=O) groups excluding carboxylic acids is 1. The van der Waals surface area contributed by atoms with Gasteiger partial charge in [0.15, 0.2) is 0 Å². The zero-order chi connectivity index (χ0) is 14.7. The summed E-state index contributed by atoms with van der Waals surface area (Å²) < 4.78 is 0. The van der Waals surface area contributed by atoms with Crippen molar-refractivity contribution >= 4 is 11.6 Å². The molecule has 1 aliphatic rings. The maximum absolute atomic E-state index is 12.4. The highest BCUT2D eigenvalue weighted by Crippen LogP contribution is 2.22. The number of carbonyl (C=O) groups is 1. The van der Waals surface area contributed by atoms with E-state index in [0.29, 0.717) is 5.56 Å². The van der Waals surface area contributed by atoms with Gasteiger partial charge in [0.05, 0.1) is 5.56 Å². The minimum atomic E-state index is -0.0585. The molecule has 1 aliphatic carbocycles. The number of fused-ring (bicyclic) bond motifs is 1. The average molecular weight is 281 g/mol. The standard InChI is InChI=1S/C17H19N3O/c1-18-16-8-9-19-11-15(16)17(21)20-14-7-6-12-4-2-3-5-13(12)10-14/h2-5,8-9,11,14H,6-7,10H2,1H3,(H,18,19)(H,20,21). The van der Waals surface area contributed by atoms with Gasteiger partial charge in [-0.05, 0) is 36.5 Å². The van der Waals surface area contributed by atoms with E-state index in [1.54, 1.807) is 12.4 Å². The number of amides is 1. The lowest BCUT2D eigenvalue weighted by Gasteiger charge is -2.25. The molecule has 2 aromatic rings. The topological polar surface area (TPSA) is 54.0 Å². The zero-order valence-electron chi connectivity index (χ0n) is 12.1. The minimum Gasteiger partial charge on any atom is -0.387 e. The van der Waals surface area contributed by atoms with Crippen LogP contribution in [0.3, 0.4) is 0 Å². The summed E-state index contributed by atoms with van der Waals surface area (Å²) in [6.45, 7) is 0. The van der Waals surface area contributed by atoms with E-state index >= 15 is 0 Å². The van der Waals surface area contributed by atoms with Crippen molar-refractivity contribution in [3.8, 4) is 0 Å². The highest BCUT2D eigenvalue weighted by Gasteiger charge is 2.21. The summed E-state index contributed by atoms with van der Waals surface area (Å²) in [5, 5.41) is 6.16. The van der Waals surface area contributed by atoms with Crippen molar-refractivity contribution in [2.24, 2.45) is 0 Å². The van der Waals surface area contributed by atoms with Gasteiger partial charge in [0.2, 0.25) is 0 Å². The second-order valence-electron chi connectivity index (χ2n) is 5.35. The number of rotatable bonds is 3. The van der Waals surface area contributed by atoms with Crippen molar-refractivity contribution < 1.29 is 4.79 Å². The van der Waals surface area contributed by atoms with Crippen LogP contribution in [-0.4, -0.2) is 24.0 Å². The van der Waals surface area contributed by atoms with Crippen LogP contribution in [0.4, 0.5) is 5.69 Å². The quantitative estimate of drug-likeness (QED) is 0.908. The number of pyridine rings is 1. The predicted molar refractivity (Wildman–Crippen MR) is 83.5 cm³/mol.